The number of H-pyrrole nitrogens is 1. The van der Waals surface area contributed by atoms with Crippen LogP contribution in [0.2, 0.25) is 5.02 Å². The van der Waals surface area contributed by atoms with Crippen LogP contribution >= 0.6 is 11.6 Å². The third-order valence-electron chi connectivity index (χ3n) is 5.98. The summed E-state index contributed by atoms with van der Waals surface area (Å²) < 4.78 is 11.5. The zero-order valence-electron chi connectivity index (χ0n) is 17.2. The number of nitrogens with zero attached hydrogens (tertiary/aromatic N) is 2. The molecule has 2 aromatic carbocycles. The molecule has 0 spiro atoms. The minimum atomic E-state index is -0.939. The average molecular weight is 456 g/mol. The fourth-order valence-electron chi connectivity index (χ4n) is 4.37. The van der Waals surface area contributed by atoms with Crippen LogP contribution in [0.3, 0.4) is 0 Å². The zero-order chi connectivity index (χ0) is 22.2. The van der Waals surface area contributed by atoms with Crippen molar-refractivity contribution in [3.8, 4) is 11.5 Å². The molecule has 0 aliphatic carbocycles. The largest absolute Gasteiger partial charge is 0.485 e. The number of benzene rings is 2. The maximum Gasteiger partial charge on any atom is 0.325 e. The van der Waals surface area contributed by atoms with Gasteiger partial charge in [-0.2, -0.15) is 0 Å². The highest BCUT2D eigenvalue weighted by molar-refractivity contribution is 6.31. The smallest absolute Gasteiger partial charge is 0.325 e. The maximum absolute atomic E-state index is 13.0. The lowest BCUT2D eigenvalue weighted by Crippen LogP contribution is -2.55. The first-order chi connectivity index (χ1) is 15.5. The number of aliphatic carboxylic acids is 1. The first kappa shape index (κ1) is 20.7. The molecule has 2 unspecified atom stereocenters. The highest BCUT2D eigenvalue weighted by Crippen LogP contribution is 2.33. The highest BCUT2D eigenvalue weighted by atomic mass is 35.5. The Bertz CT molecular complexity index is 1170. The van der Waals surface area contributed by atoms with Crippen LogP contribution in [0.15, 0.2) is 48.7 Å². The number of rotatable bonds is 4. The van der Waals surface area contributed by atoms with Crippen LogP contribution in [0.5, 0.6) is 11.5 Å². The Morgan fingerprint density at radius 1 is 1.09 bits per heavy atom. The molecule has 3 heterocycles. The molecule has 9 heteroatoms. The zero-order valence-corrected chi connectivity index (χ0v) is 17.9. The van der Waals surface area contributed by atoms with Crippen LogP contribution in [-0.2, 0) is 9.59 Å². The fourth-order valence-corrected chi connectivity index (χ4v) is 4.54. The highest BCUT2D eigenvalue weighted by Gasteiger charge is 2.36. The normalized spacial score (nSPS) is 19.7. The summed E-state index contributed by atoms with van der Waals surface area (Å²) in [6.07, 6.45) is 1.02. The van der Waals surface area contributed by atoms with Crippen molar-refractivity contribution in [1.29, 1.82) is 0 Å². The van der Waals surface area contributed by atoms with E-state index in [4.69, 9.17) is 21.1 Å². The number of carboxylic acid groups (broad SMARTS) is 1. The third kappa shape index (κ3) is 3.76. The quantitative estimate of drug-likeness (QED) is 0.628. The molecule has 0 radical (unpaired) electrons. The molecular weight excluding hydrogens is 434 g/mol. The predicted molar refractivity (Wildman–Crippen MR) is 118 cm³/mol. The molecule has 1 aromatic heterocycles. The van der Waals surface area contributed by atoms with Gasteiger partial charge in [0, 0.05) is 53.9 Å². The monoisotopic (exact) mass is 455 g/mol. The second-order valence-electron chi connectivity index (χ2n) is 7.90. The number of piperazine rings is 1. The minimum absolute atomic E-state index is 0.148. The summed E-state index contributed by atoms with van der Waals surface area (Å²) in [6.45, 7) is 1.84. The molecule has 0 saturated carbocycles. The molecule has 0 bridgehead atoms. The van der Waals surface area contributed by atoms with Gasteiger partial charge in [0.25, 0.3) is 5.91 Å². The number of hydrogen-bond acceptors (Lipinski definition) is 5. The van der Waals surface area contributed by atoms with Crippen molar-refractivity contribution in [2.24, 2.45) is 0 Å². The average Bonchev–Trinajstić information content (AvgIpc) is 3.21. The van der Waals surface area contributed by atoms with Gasteiger partial charge < -0.3 is 24.5 Å². The number of carboxylic acids is 1. The van der Waals surface area contributed by atoms with Crippen LogP contribution in [0.1, 0.15) is 11.6 Å². The van der Waals surface area contributed by atoms with Crippen LogP contribution < -0.4 is 9.47 Å². The Hall–Kier alpha value is -3.23. The van der Waals surface area contributed by atoms with Gasteiger partial charge >= 0.3 is 5.97 Å². The lowest BCUT2D eigenvalue weighted by atomic mass is 10.0. The Morgan fingerprint density at radius 3 is 2.59 bits per heavy atom. The van der Waals surface area contributed by atoms with Gasteiger partial charge in [-0.1, -0.05) is 23.7 Å². The second-order valence-corrected chi connectivity index (χ2v) is 8.34. The van der Waals surface area contributed by atoms with E-state index in [9.17, 15) is 14.7 Å². The number of hydrogen-bond donors (Lipinski definition) is 2. The van der Waals surface area contributed by atoms with Gasteiger partial charge in [-0.3, -0.25) is 14.5 Å². The predicted octanol–water partition coefficient (Wildman–Crippen LogP) is 2.93. The molecule has 2 aliphatic heterocycles. The Balaban J connectivity index is 1.28. The lowest BCUT2D eigenvalue weighted by Gasteiger charge is -2.39. The standard InChI is InChI=1S/C23H22ClN3O5/c24-14-5-6-17-15(11-14)16(12-25-17)21(23(29)30)26-7-9-27(10-8-26)22(28)20-13-31-18-3-1-2-4-19(18)32-20/h1-6,11-12,20-21,25H,7-10,13H2,(H,29,30). The Labute approximate surface area is 189 Å². The molecule has 1 fully saturated rings. The molecule has 166 valence electrons. The van der Waals surface area contributed by atoms with Crippen molar-refractivity contribution in [3.05, 3.63) is 59.2 Å². The summed E-state index contributed by atoms with van der Waals surface area (Å²) in [5.41, 5.74) is 1.49. The number of fused-ring (bicyclic) bond motifs is 2. The molecule has 2 N–H and O–H groups in total. The van der Waals surface area contributed by atoms with Gasteiger partial charge in [0.2, 0.25) is 6.10 Å². The molecule has 3 aromatic rings. The van der Waals surface area contributed by atoms with Crippen molar-refractivity contribution in [1.82, 2.24) is 14.8 Å². The van der Waals surface area contributed by atoms with Gasteiger partial charge in [0.1, 0.15) is 12.6 Å². The number of ether oxygens (including phenoxy) is 2. The molecule has 1 saturated heterocycles. The van der Waals surface area contributed by atoms with Gasteiger partial charge in [-0.25, -0.2) is 0 Å². The summed E-state index contributed by atoms with van der Waals surface area (Å²) in [6, 6.07) is 11.8. The fraction of sp³-hybridized carbons (Fsp3) is 0.304. The summed E-state index contributed by atoms with van der Waals surface area (Å²) in [7, 11) is 0. The van der Waals surface area contributed by atoms with Crippen molar-refractivity contribution in [3.63, 3.8) is 0 Å². The topological polar surface area (TPSA) is 95.1 Å². The van der Waals surface area contributed by atoms with Gasteiger partial charge in [-0.05, 0) is 30.3 Å². The maximum atomic E-state index is 13.0. The number of carbonyl (C=O) groups excluding carboxylic acids is 1. The first-order valence-electron chi connectivity index (χ1n) is 10.4. The van der Waals surface area contributed by atoms with Crippen LogP contribution in [0.4, 0.5) is 0 Å². The lowest BCUT2D eigenvalue weighted by molar-refractivity contribution is -0.147. The van der Waals surface area contributed by atoms with Crippen LogP contribution in [0, 0.1) is 0 Å². The van der Waals surface area contributed by atoms with Crippen molar-refractivity contribution >= 4 is 34.4 Å². The second kappa shape index (κ2) is 8.37. The number of aromatic amines is 1. The first-order valence-corrected chi connectivity index (χ1v) is 10.8. The molecular formula is C23H22ClN3O5. The van der Waals surface area contributed by atoms with E-state index < -0.39 is 18.1 Å². The number of carbonyl (C=O) groups is 2. The van der Waals surface area contributed by atoms with E-state index in [1.165, 1.54) is 0 Å². The molecule has 5 rings (SSSR count). The summed E-state index contributed by atoms with van der Waals surface area (Å²) >= 11 is 6.14. The van der Waals surface area contributed by atoms with Gasteiger partial charge in [0.05, 0.1) is 0 Å². The number of aromatic nitrogens is 1. The molecule has 8 nitrogen and oxygen atoms in total. The molecule has 1 amide bonds. The third-order valence-corrected chi connectivity index (χ3v) is 6.21. The van der Waals surface area contributed by atoms with Crippen molar-refractivity contribution in [2.45, 2.75) is 12.1 Å². The number of para-hydroxylation sites is 2. The SMILES string of the molecule is O=C(O)C(c1c[nH]c2ccc(Cl)cc12)N1CCN(C(=O)C2COc3ccccc3O2)CC1. The van der Waals surface area contributed by atoms with E-state index in [2.05, 4.69) is 4.98 Å². The molecule has 32 heavy (non-hydrogen) atoms. The van der Waals surface area contributed by atoms with E-state index in [1.807, 2.05) is 23.1 Å². The van der Waals surface area contributed by atoms with Crippen LogP contribution in [0.25, 0.3) is 10.9 Å². The van der Waals surface area contributed by atoms with E-state index in [0.717, 1.165) is 10.9 Å². The number of nitrogens with one attached hydrogen (secondary N) is 1. The van der Waals surface area contributed by atoms with E-state index in [-0.39, 0.29) is 12.5 Å². The summed E-state index contributed by atoms with van der Waals surface area (Å²) in [5, 5.41) is 11.3. The number of amides is 1. The Kier molecular flexibility index (Phi) is 5.40. The summed E-state index contributed by atoms with van der Waals surface area (Å²) in [5.74, 6) is 0.0975. The van der Waals surface area contributed by atoms with E-state index >= 15 is 0 Å². The summed E-state index contributed by atoms with van der Waals surface area (Å²) in [4.78, 5) is 31.9. The van der Waals surface area contributed by atoms with Gasteiger partial charge in [-0.15, -0.1) is 0 Å². The Morgan fingerprint density at radius 2 is 1.84 bits per heavy atom. The minimum Gasteiger partial charge on any atom is -0.485 e. The number of halogens is 1. The van der Waals surface area contributed by atoms with Crippen molar-refractivity contribution in [2.75, 3.05) is 32.8 Å². The van der Waals surface area contributed by atoms with Crippen LogP contribution in [-0.4, -0.2) is 70.7 Å². The molecule has 2 aliphatic rings. The van der Waals surface area contributed by atoms with E-state index in [0.29, 0.717) is 48.3 Å². The van der Waals surface area contributed by atoms with Gasteiger partial charge in [0.15, 0.2) is 11.5 Å². The van der Waals surface area contributed by atoms with E-state index in [1.54, 1.807) is 35.4 Å². The van der Waals surface area contributed by atoms with Crippen molar-refractivity contribution < 1.29 is 24.2 Å². The molecule has 2 atom stereocenters.